The molecule has 0 radical (unpaired) electrons. The number of hydrogen-bond acceptors (Lipinski definition) is 6. The van der Waals surface area contributed by atoms with E-state index in [9.17, 15) is 9.59 Å². The van der Waals surface area contributed by atoms with E-state index in [4.69, 9.17) is 14.2 Å². The van der Waals surface area contributed by atoms with E-state index in [1.54, 1.807) is 0 Å². The van der Waals surface area contributed by atoms with Crippen molar-refractivity contribution in [2.24, 2.45) is 0 Å². The van der Waals surface area contributed by atoms with Crippen molar-refractivity contribution in [3.05, 3.63) is 108 Å². The highest BCUT2D eigenvalue weighted by Crippen LogP contribution is 2.47. The van der Waals surface area contributed by atoms with Gasteiger partial charge in [0.15, 0.2) is 5.71 Å². The summed E-state index contributed by atoms with van der Waals surface area (Å²) in [5.41, 5.74) is 7.67. The highest BCUT2D eigenvalue weighted by molar-refractivity contribution is 6.03. The van der Waals surface area contributed by atoms with Gasteiger partial charge in [-0.15, -0.1) is 0 Å². The average Bonchev–Trinajstić information content (AvgIpc) is 3.50. The molecule has 0 fully saturated rings. The number of rotatable bonds is 19. The predicted octanol–water partition coefficient (Wildman–Crippen LogP) is 5.82. The smallest absolute Gasteiger partial charge is 0.407 e. The van der Waals surface area contributed by atoms with E-state index in [2.05, 4.69) is 146 Å². The maximum absolute atomic E-state index is 12.5. The number of fused-ring (bicyclic) bond motifs is 2. The molecule has 0 bridgehead atoms. The molecule has 1 unspecified atom stereocenters. The van der Waals surface area contributed by atoms with Crippen LogP contribution >= 0.6 is 0 Å². The molecule has 310 valence electrons. The molecule has 2 aromatic carbocycles. The molecule has 5 rings (SSSR count). The zero-order valence-electron chi connectivity index (χ0n) is 34.9. The Kier molecular flexibility index (Phi) is 18.1. The number of carbonyl (C=O) groups excluding carboxylic acids is 2. The number of unbranched alkanes of at least 4 members (excludes halogenated alkanes) is 2. The van der Waals surface area contributed by atoms with Crippen molar-refractivity contribution in [3.63, 3.8) is 0 Å². The molecular weight excluding hydrogens is 736 g/mol. The van der Waals surface area contributed by atoms with Gasteiger partial charge < -0.3 is 42.2 Å². The van der Waals surface area contributed by atoms with Crippen molar-refractivity contribution in [1.29, 1.82) is 0 Å². The summed E-state index contributed by atoms with van der Waals surface area (Å²) in [7, 11) is 2.15. The third-order valence-corrected chi connectivity index (χ3v) is 11.2. The molecule has 1 atom stereocenters. The summed E-state index contributed by atoms with van der Waals surface area (Å²) in [5, 5.41) is 5.72. The topological polar surface area (TPSA) is 92.1 Å². The van der Waals surface area contributed by atoms with Crippen molar-refractivity contribution >= 4 is 29.1 Å². The maximum atomic E-state index is 12.5. The SMILES string of the molecule is C[N+]1=C(/C=C/C=C/C=C2/N(CCCCCC(=O)NCCOCCOCCNC(=O)OC3CC/C=C\CCC3)c3ccccc3C2(C)C)C(C)(C)c2ccccc21.[Cl-]. The van der Waals surface area contributed by atoms with E-state index < -0.39 is 0 Å². The molecule has 0 aromatic heterocycles. The molecule has 2 heterocycles. The quantitative estimate of drug-likeness (QED) is 0.0807. The number of nitrogens with one attached hydrogen (secondary N) is 2. The lowest BCUT2D eigenvalue weighted by atomic mass is 9.81. The van der Waals surface area contributed by atoms with E-state index in [1.807, 2.05) is 0 Å². The van der Waals surface area contributed by atoms with Gasteiger partial charge in [0.05, 0.1) is 31.8 Å². The minimum atomic E-state index is -0.380. The summed E-state index contributed by atoms with van der Waals surface area (Å²) < 4.78 is 19.0. The Morgan fingerprint density at radius 2 is 1.51 bits per heavy atom. The molecular formula is C47H65ClN4O5. The molecule has 2 amide bonds. The number of halogens is 1. The van der Waals surface area contributed by atoms with Crippen molar-refractivity contribution in [2.45, 2.75) is 102 Å². The first kappa shape index (κ1) is 45.5. The summed E-state index contributed by atoms with van der Waals surface area (Å²) in [6, 6.07) is 17.4. The lowest BCUT2D eigenvalue weighted by Crippen LogP contribution is -3.00. The number of para-hydroxylation sites is 2. The second kappa shape index (κ2) is 22.7. The first-order valence-electron chi connectivity index (χ1n) is 20.8. The van der Waals surface area contributed by atoms with Crippen LogP contribution in [0.5, 0.6) is 0 Å². The van der Waals surface area contributed by atoms with Crippen molar-refractivity contribution < 1.29 is 40.8 Å². The zero-order valence-corrected chi connectivity index (χ0v) is 35.6. The standard InChI is InChI=1S/C47H64N4O5.ClH/c1-46(2)38-23-16-18-25-40(38)50(5)42(46)27-13-9-14-28-43-47(3,4)39-24-17-19-26-41(39)51(43)32-20-10-15-29-44(52)48-30-33-54-35-36-55-34-31-49-45(53)56-37-21-11-7-6-8-12-22-37;/h6-7,9,13-14,16-19,23-28,37H,8,10-12,15,20-22,29-36H2,1-5H3,(H-,48,49,52,53);1H/b7-6-;. The maximum Gasteiger partial charge on any atom is 0.407 e. The molecule has 10 heteroatoms. The number of amides is 2. The Balaban J connectivity index is 0.00000720. The van der Waals surface area contributed by atoms with Crippen LogP contribution < -0.4 is 27.9 Å². The molecule has 2 aromatic rings. The Labute approximate surface area is 347 Å². The Morgan fingerprint density at radius 3 is 2.28 bits per heavy atom. The number of carbonyl (C=O) groups is 2. The summed E-state index contributed by atoms with van der Waals surface area (Å²) in [4.78, 5) is 27.0. The van der Waals surface area contributed by atoms with Crippen LogP contribution in [-0.2, 0) is 29.8 Å². The molecule has 0 spiro atoms. The van der Waals surface area contributed by atoms with Gasteiger partial charge in [0.25, 0.3) is 0 Å². The molecule has 3 aliphatic rings. The summed E-state index contributed by atoms with van der Waals surface area (Å²) >= 11 is 0. The van der Waals surface area contributed by atoms with Gasteiger partial charge in [-0.2, -0.15) is 4.58 Å². The van der Waals surface area contributed by atoms with Crippen molar-refractivity contribution in [3.8, 4) is 0 Å². The number of ether oxygens (including phenoxy) is 3. The molecule has 0 saturated heterocycles. The Hall–Kier alpha value is -4.18. The largest absolute Gasteiger partial charge is 1.00 e. The number of anilines is 1. The van der Waals surface area contributed by atoms with Crippen LogP contribution in [0.1, 0.15) is 96.6 Å². The van der Waals surface area contributed by atoms with Crippen LogP contribution in [0, 0.1) is 0 Å². The highest BCUT2D eigenvalue weighted by atomic mass is 35.5. The lowest BCUT2D eigenvalue weighted by Gasteiger charge is -2.27. The fraction of sp³-hybridized carbons (Fsp3) is 0.511. The minimum Gasteiger partial charge on any atom is -1.00 e. The van der Waals surface area contributed by atoms with E-state index in [0.717, 1.165) is 57.9 Å². The van der Waals surface area contributed by atoms with Gasteiger partial charge in [0, 0.05) is 60.6 Å². The number of allylic oxidation sites excluding steroid dienone is 8. The normalized spacial score (nSPS) is 19.6. The van der Waals surface area contributed by atoms with Gasteiger partial charge in [-0.1, -0.05) is 87.0 Å². The van der Waals surface area contributed by atoms with Crippen LogP contribution in [0.2, 0.25) is 0 Å². The molecule has 1 aliphatic carbocycles. The van der Waals surface area contributed by atoms with Crippen LogP contribution in [0.25, 0.3) is 0 Å². The van der Waals surface area contributed by atoms with Crippen LogP contribution in [-0.4, -0.2) is 81.5 Å². The van der Waals surface area contributed by atoms with Crippen molar-refractivity contribution in [2.75, 3.05) is 58.0 Å². The summed E-state index contributed by atoms with van der Waals surface area (Å²) in [5.74, 6) is 0.0549. The highest BCUT2D eigenvalue weighted by Gasteiger charge is 2.42. The van der Waals surface area contributed by atoms with Crippen LogP contribution in [0.15, 0.2) is 96.8 Å². The lowest BCUT2D eigenvalue weighted by molar-refractivity contribution is -0.401. The zero-order chi connectivity index (χ0) is 39.8. The number of hydrogen-bond donors (Lipinski definition) is 2. The van der Waals surface area contributed by atoms with Gasteiger partial charge in [-0.25, -0.2) is 4.79 Å². The first-order valence-corrected chi connectivity index (χ1v) is 20.8. The van der Waals surface area contributed by atoms with E-state index in [1.165, 1.54) is 33.9 Å². The van der Waals surface area contributed by atoms with Gasteiger partial charge in [-0.05, 0) is 76.5 Å². The monoisotopic (exact) mass is 800 g/mol. The minimum absolute atomic E-state index is 0. The number of benzene rings is 2. The number of nitrogens with zero attached hydrogens (tertiary/aromatic N) is 2. The van der Waals surface area contributed by atoms with Gasteiger partial charge in [0.2, 0.25) is 11.6 Å². The molecule has 0 saturated carbocycles. The first-order chi connectivity index (χ1) is 27.1. The second-order valence-corrected chi connectivity index (χ2v) is 16.0. The third-order valence-electron chi connectivity index (χ3n) is 11.2. The number of alkyl carbamates (subject to hydrolysis) is 1. The Bertz CT molecular complexity index is 1780. The molecule has 2 aliphatic heterocycles. The Morgan fingerprint density at radius 1 is 0.807 bits per heavy atom. The second-order valence-electron chi connectivity index (χ2n) is 16.0. The van der Waals surface area contributed by atoms with Crippen LogP contribution in [0.3, 0.4) is 0 Å². The van der Waals surface area contributed by atoms with Crippen molar-refractivity contribution in [1.82, 2.24) is 10.6 Å². The van der Waals surface area contributed by atoms with E-state index in [0.29, 0.717) is 45.9 Å². The molecule has 2 N–H and O–H groups in total. The predicted molar refractivity (Wildman–Crippen MR) is 227 cm³/mol. The van der Waals surface area contributed by atoms with E-state index >= 15 is 0 Å². The van der Waals surface area contributed by atoms with Gasteiger partial charge in [-0.3, -0.25) is 4.79 Å². The average molecular weight is 802 g/mol. The molecule has 57 heavy (non-hydrogen) atoms. The summed E-state index contributed by atoms with van der Waals surface area (Å²) in [6.07, 6.45) is 23.1. The molecule has 9 nitrogen and oxygen atoms in total. The van der Waals surface area contributed by atoms with Gasteiger partial charge in [0.1, 0.15) is 13.2 Å². The summed E-state index contributed by atoms with van der Waals surface area (Å²) in [6.45, 7) is 12.7. The van der Waals surface area contributed by atoms with Crippen LogP contribution in [0.4, 0.5) is 16.2 Å². The van der Waals surface area contributed by atoms with E-state index in [-0.39, 0.29) is 41.3 Å². The fourth-order valence-corrected chi connectivity index (χ4v) is 8.11. The van der Waals surface area contributed by atoms with Gasteiger partial charge >= 0.3 is 6.09 Å². The fourth-order valence-electron chi connectivity index (χ4n) is 8.11. The third kappa shape index (κ3) is 12.7.